The first kappa shape index (κ1) is 10.3. The highest BCUT2D eigenvalue weighted by Gasteiger charge is 2.07. The van der Waals surface area contributed by atoms with Gasteiger partial charge in [-0.25, -0.2) is 0 Å². The molecule has 0 saturated carbocycles. The molecule has 1 heterocycles. The molecule has 74 valence electrons. The number of aromatic nitrogens is 2. The van der Waals surface area contributed by atoms with Crippen LogP contribution in [0.15, 0.2) is 12.4 Å². The lowest BCUT2D eigenvalue weighted by atomic mass is 10.0. The van der Waals surface area contributed by atoms with Gasteiger partial charge in [0.1, 0.15) is 0 Å². The van der Waals surface area contributed by atoms with Gasteiger partial charge in [-0.15, -0.1) is 0 Å². The first-order valence-electron chi connectivity index (χ1n) is 4.89. The highest BCUT2D eigenvalue weighted by atomic mass is 15.3. The molecule has 0 amide bonds. The zero-order valence-electron chi connectivity index (χ0n) is 8.70. The van der Waals surface area contributed by atoms with Crippen molar-refractivity contribution in [2.24, 2.45) is 5.73 Å². The fraction of sp³-hybridized carbons (Fsp3) is 0.700. The quantitative estimate of drug-likeness (QED) is 0.771. The Kier molecular flexibility index (Phi) is 3.48. The van der Waals surface area contributed by atoms with E-state index in [9.17, 15) is 0 Å². The van der Waals surface area contributed by atoms with Crippen LogP contribution in [0.25, 0.3) is 0 Å². The minimum atomic E-state index is 0.443. The Balaban J connectivity index is 2.67. The van der Waals surface area contributed by atoms with Crippen LogP contribution in [0.1, 0.15) is 44.7 Å². The Morgan fingerprint density at radius 1 is 1.46 bits per heavy atom. The van der Waals surface area contributed by atoms with Crippen molar-refractivity contribution in [2.75, 3.05) is 6.54 Å². The molecule has 1 unspecified atom stereocenters. The zero-order valence-corrected chi connectivity index (χ0v) is 8.70. The lowest BCUT2D eigenvalue weighted by Gasteiger charge is -2.07. The Morgan fingerprint density at radius 3 is 2.62 bits per heavy atom. The molecule has 2 N–H and O–H groups in total. The Hall–Kier alpha value is -0.830. The van der Waals surface area contributed by atoms with Gasteiger partial charge in [-0.2, -0.15) is 5.10 Å². The third-order valence-electron chi connectivity index (χ3n) is 2.32. The van der Waals surface area contributed by atoms with Crippen molar-refractivity contribution in [3.63, 3.8) is 0 Å². The molecule has 0 spiro atoms. The molecular weight excluding hydrogens is 162 g/mol. The van der Waals surface area contributed by atoms with Gasteiger partial charge >= 0.3 is 0 Å². The van der Waals surface area contributed by atoms with E-state index in [0.717, 1.165) is 13.0 Å². The second-order valence-corrected chi connectivity index (χ2v) is 3.83. The Morgan fingerprint density at radius 2 is 2.15 bits per heavy atom. The third-order valence-corrected chi connectivity index (χ3v) is 2.32. The van der Waals surface area contributed by atoms with Crippen molar-refractivity contribution >= 4 is 0 Å². The van der Waals surface area contributed by atoms with E-state index in [0.29, 0.717) is 12.0 Å². The van der Waals surface area contributed by atoms with Gasteiger partial charge in [-0.05, 0) is 38.3 Å². The maximum Gasteiger partial charge on any atom is 0.0524 e. The van der Waals surface area contributed by atoms with Crippen molar-refractivity contribution in [1.82, 2.24) is 9.78 Å². The number of rotatable bonds is 4. The van der Waals surface area contributed by atoms with Crippen LogP contribution in [0.2, 0.25) is 0 Å². The highest BCUT2D eigenvalue weighted by Crippen LogP contribution is 2.18. The molecule has 3 heteroatoms. The van der Waals surface area contributed by atoms with E-state index >= 15 is 0 Å². The second-order valence-electron chi connectivity index (χ2n) is 3.83. The van der Waals surface area contributed by atoms with Crippen molar-refractivity contribution in [3.05, 3.63) is 18.0 Å². The molecule has 0 aromatic carbocycles. The summed E-state index contributed by atoms with van der Waals surface area (Å²) < 4.78 is 1.99. The number of nitrogens with zero attached hydrogens (tertiary/aromatic N) is 2. The largest absolute Gasteiger partial charge is 0.330 e. The van der Waals surface area contributed by atoms with Gasteiger partial charge in [0, 0.05) is 12.2 Å². The third kappa shape index (κ3) is 2.56. The Labute approximate surface area is 79.9 Å². The monoisotopic (exact) mass is 181 g/mol. The van der Waals surface area contributed by atoms with E-state index in [4.69, 9.17) is 5.73 Å². The second kappa shape index (κ2) is 4.42. The van der Waals surface area contributed by atoms with Crippen LogP contribution in [0.4, 0.5) is 0 Å². The van der Waals surface area contributed by atoms with E-state index in [2.05, 4.69) is 32.1 Å². The van der Waals surface area contributed by atoms with E-state index in [1.165, 1.54) is 5.56 Å². The van der Waals surface area contributed by atoms with Crippen LogP contribution in [0, 0.1) is 0 Å². The summed E-state index contributed by atoms with van der Waals surface area (Å²) >= 11 is 0. The first-order chi connectivity index (χ1) is 6.15. The normalized spacial score (nSPS) is 13.6. The van der Waals surface area contributed by atoms with Crippen LogP contribution in [-0.4, -0.2) is 16.3 Å². The molecular formula is C10H19N3. The predicted octanol–water partition coefficient (Wildman–Crippen LogP) is 1.92. The summed E-state index contributed by atoms with van der Waals surface area (Å²) in [6.07, 6.45) is 5.09. The standard InChI is InChI=1S/C10H19N3/c1-8(2)13-7-10(6-12-13)9(3)4-5-11/h6-9H,4-5,11H2,1-3H3. The lowest BCUT2D eigenvalue weighted by Crippen LogP contribution is -2.04. The molecule has 3 nitrogen and oxygen atoms in total. The highest BCUT2D eigenvalue weighted by molar-refractivity contribution is 5.10. The lowest BCUT2D eigenvalue weighted by molar-refractivity contribution is 0.531. The molecule has 0 aliphatic heterocycles. The van der Waals surface area contributed by atoms with Crippen molar-refractivity contribution < 1.29 is 0 Å². The van der Waals surface area contributed by atoms with Crippen LogP contribution < -0.4 is 5.73 Å². The average molecular weight is 181 g/mol. The van der Waals surface area contributed by atoms with Crippen LogP contribution in [0.5, 0.6) is 0 Å². The van der Waals surface area contributed by atoms with E-state index in [-0.39, 0.29) is 0 Å². The van der Waals surface area contributed by atoms with Crippen LogP contribution in [-0.2, 0) is 0 Å². The molecule has 1 rings (SSSR count). The number of hydrogen-bond donors (Lipinski definition) is 1. The summed E-state index contributed by atoms with van der Waals surface area (Å²) in [5.74, 6) is 0.525. The summed E-state index contributed by atoms with van der Waals surface area (Å²) in [5, 5.41) is 4.29. The number of hydrogen-bond acceptors (Lipinski definition) is 2. The molecule has 0 aliphatic rings. The first-order valence-corrected chi connectivity index (χ1v) is 4.89. The molecule has 1 atom stereocenters. The molecule has 0 aliphatic carbocycles. The molecule has 0 fully saturated rings. The SMILES string of the molecule is CC(CCN)c1cnn(C(C)C)c1. The average Bonchev–Trinajstić information content (AvgIpc) is 2.52. The van der Waals surface area contributed by atoms with E-state index < -0.39 is 0 Å². The van der Waals surface area contributed by atoms with Crippen molar-refractivity contribution in [2.45, 2.75) is 39.2 Å². The van der Waals surface area contributed by atoms with Gasteiger partial charge in [0.2, 0.25) is 0 Å². The number of nitrogens with two attached hydrogens (primary N) is 1. The fourth-order valence-electron chi connectivity index (χ4n) is 1.31. The molecule has 1 aromatic rings. The van der Waals surface area contributed by atoms with Crippen LogP contribution in [0.3, 0.4) is 0 Å². The molecule has 0 saturated heterocycles. The minimum absolute atomic E-state index is 0.443. The van der Waals surface area contributed by atoms with Gasteiger partial charge in [-0.1, -0.05) is 6.92 Å². The summed E-state index contributed by atoms with van der Waals surface area (Å²) in [5.41, 5.74) is 6.80. The van der Waals surface area contributed by atoms with Crippen LogP contribution >= 0.6 is 0 Å². The van der Waals surface area contributed by atoms with Gasteiger partial charge < -0.3 is 5.73 Å². The summed E-state index contributed by atoms with van der Waals surface area (Å²) in [6.45, 7) is 7.19. The molecule has 0 bridgehead atoms. The maximum absolute atomic E-state index is 5.51. The molecule has 13 heavy (non-hydrogen) atoms. The van der Waals surface area contributed by atoms with Gasteiger partial charge in [-0.3, -0.25) is 4.68 Å². The summed E-state index contributed by atoms with van der Waals surface area (Å²) in [4.78, 5) is 0. The van der Waals surface area contributed by atoms with Gasteiger partial charge in [0.05, 0.1) is 6.20 Å². The zero-order chi connectivity index (χ0) is 9.84. The smallest absolute Gasteiger partial charge is 0.0524 e. The van der Waals surface area contributed by atoms with E-state index in [1.807, 2.05) is 10.9 Å². The Bertz CT molecular complexity index is 252. The van der Waals surface area contributed by atoms with Gasteiger partial charge in [0.15, 0.2) is 0 Å². The molecule has 0 radical (unpaired) electrons. The summed E-state index contributed by atoms with van der Waals surface area (Å²) in [6, 6.07) is 0.443. The van der Waals surface area contributed by atoms with E-state index in [1.54, 1.807) is 0 Å². The van der Waals surface area contributed by atoms with Crippen molar-refractivity contribution in [3.8, 4) is 0 Å². The topological polar surface area (TPSA) is 43.8 Å². The maximum atomic E-state index is 5.51. The fourth-order valence-corrected chi connectivity index (χ4v) is 1.31. The summed E-state index contributed by atoms with van der Waals surface area (Å²) in [7, 11) is 0. The minimum Gasteiger partial charge on any atom is -0.330 e. The van der Waals surface area contributed by atoms with Gasteiger partial charge in [0.25, 0.3) is 0 Å². The van der Waals surface area contributed by atoms with Crippen molar-refractivity contribution in [1.29, 1.82) is 0 Å². The molecule has 1 aromatic heterocycles. The predicted molar refractivity (Wildman–Crippen MR) is 54.7 cm³/mol.